The van der Waals surface area contributed by atoms with Gasteiger partial charge in [0, 0.05) is 37.8 Å². The Morgan fingerprint density at radius 3 is 2.21 bits per heavy atom. The molecular formula is C26H34N4O3. The number of para-hydroxylation sites is 1. The van der Waals surface area contributed by atoms with Crippen LogP contribution in [0.15, 0.2) is 54.6 Å². The fraction of sp³-hybridized carbons (Fsp3) is 0.462. The molecule has 7 heteroatoms. The monoisotopic (exact) mass is 450 g/mol. The van der Waals surface area contributed by atoms with Crippen molar-refractivity contribution in [1.82, 2.24) is 15.1 Å². The fourth-order valence-electron chi connectivity index (χ4n) is 4.36. The molecule has 2 heterocycles. The smallest absolute Gasteiger partial charge is 0.234 e. The van der Waals surface area contributed by atoms with Gasteiger partial charge in [0.05, 0.1) is 19.8 Å². The zero-order valence-corrected chi connectivity index (χ0v) is 19.2. The molecular weight excluding hydrogens is 416 g/mol. The van der Waals surface area contributed by atoms with Gasteiger partial charge in [0.2, 0.25) is 11.8 Å². The predicted molar refractivity (Wildman–Crippen MR) is 129 cm³/mol. The Morgan fingerprint density at radius 1 is 0.848 bits per heavy atom. The molecule has 0 aromatic heterocycles. The number of amides is 2. The topological polar surface area (TPSA) is 73.9 Å². The summed E-state index contributed by atoms with van der Waals surface area (Å²) in [5, 5.41) is 6.01. The third-order valence-electron chi connectivity index (χ3n) is 6.39. The molecule has 2 aromatic rings. The molecule has 7 nitrogen and oxygen atoms in total. The molecule has 0 aliphatic carbocycles. The second-order valence-electron chi connectivity index (χ2n) is 8.89. The molecule has 2 aromatic carbocycles. The summed E-state index contributed by atoms with van der Waals surface area (Å²) in [7, 11) is 0. The van der Waals surface area contributed by atoms with E-state index in [0.717, 1.165) is 70.0 Å². The van der Waals surface area contributed by atoms with Crippen LogP contribution in [0.3, 0.4) is 0 Å². The summed E-state index contributed by atoms with van der Waals surface area (Å²) >= 11 is 0. The van der Waals surface area contributed by atoms with E-state index in [1.54, 1.807) is 0 Å². The quantitative estimate of drug-likeness (QED) is 0.647. The van der Waals surface area contributed by atoms with Crippen LogP contribution in [0.5, 0.6) is 0 Å². The van der Waals surface area contributed by atoms with Gasteiger partial charge < -0.3 is 15.4 Å². The van der Waals surface area contributed by atoms with Crippen molar-refractivity contribution < 1.29 is 14.3 Å². The minimum absolute atomic E-state index is 0.000458. The number of nitrogens with zero attached hydrogens (tertiary/aromatic N) is 2. The number of hydrogen-bond acceptors (Lipinski definition) is 5. The summed E-state index contributed by atoms with van der Waals surface area (Å²) in [6, 6.07) is 18.0. The van der Waals surface area contributed by atoms with Gasteiger partial charge in [0.25, 0.3) is 0 Å². The number of morpholine rings is 1. The molecule has 2 saturated heterocycles. The summed E-state index contributed by atoms with van der Waals surface area (Å²) in [6.07, 6.45) is 1.55. The molecule has 2 amide bonds. The van der Waals surface area contributed by atoms with E-state index in [2.05, 4.69) is 44.7 Å². The molecule has 2 aliphatic heterocycles. The maximum atomic E-state index is 12.5. The number of carbonyl (C=O) groups excluding carboxylic acids is 2. The average Bonchev–Trinajstić information content (AvgIpc) is 2.85. The van der Waals surface area contributed by atoms with E-state index in [9.17, 15) is 9.59 Å². The van der Waals surface area contributed by atoms with Crippen LogP contribution in [0.4, 0.5) is 5.69 Å². The first-order chi connectivity index (χ1) is 16.2. The van der Waals surface area contributed by atoms with Crippen molar-refractivity contribution >= 4 is 17.5 Å². The molecule has 33 heavy (non-hydrogen) atoms. The van der Waals surface area contributed by atoms with Crippen LogP contribution in [0.25, 0.3) is 0 Å². The van der Waals surface area contributed by atoms with Crippen molar-refractivity contribution in [2.24, 2.45) is 5.92 Å². The molecule has 2 fully saturated rings. The van der Waals surface area contributed by atoms with E-state index in [-0.39, 0.29) is 17.7 Å². The van der Waals surface area contributed by atoms with Crippen LogP contribution < -0.4 is 10.6 Å². The second-order valence-corrected chi connectivity index (χ2v) is 8.89. The van der Waals surface area contributed by atoms with E-state index in [4.69, 9.17) is 4.74 Å². The lowest BCUT2D eigenvalue weighted by molar-refractivity contribution is -0.123. The first kappa shape index (κ1) is 23.4. The van der Waals surface area contributed by atoms with Crippen molar-refractivity contribution in [2.75, 3.05) is 51.3 Å². The van der Waals surface area contributed by atoms with Gasteiger partial charge in [0.1, 0.15) is 0 Å². The van der Waals surface area contributed by atoms with Crippen molar-refractivity contribution in [1.29, 1.82) is 0 Å². The normalized spacial score (nSPS) is 18.1. The molecule has 176 valence electrons. The lowest BCUT2D eigenvalue weighted by Crippen LogP contribution is -2.43. The molecule has 0 saturated carbocycles. The third-order valence-corrected chi connectivity index (χ3v) is 6.39. The Bertz CT molecular complexity index is 890. The van der Waals surface area contributed by atoms with Gasteiger partial charge in [0.15, 0.2) is 0 Å². The highest BCUT2D eigenvalue weighted by atomic mass is 16.5. The Morgan fingerprint density at radius 2 is 1.52 bits per heavy atom. The summed E-state index contributed by atoms with van der Waals surface area (Å²) in [4.78, 5) is 29.4. The number of rotatable bonds is 8. The number of likely N-dealkylation sites (tertiary alicyclic amines) is 1. The van der Waals surface area contributed by atoms with Crippen molar-refractivity contribution in [3.8, 4) is 0 Å². The number of piperidine rings is 1. The van der Waals surface area contributed by atoms with E-state index >= 15 is 0 Å². The van der Waals surface area contributed by atoms with Crippen LogP contribution in [-0.2, 0) is 27.4 Å². The van der Waals surface area contributed by atoms with Crippen molar-refractivity contribution in [3.05, 3.63) is 65.7 Å². The van der Waals surface area contributed by atoms with Crippen molar-refractivity contribution in [3.63, 3.8) is 0 Å². The molecule has 0 spiro atoms. The van der Waals surface area contributed by atoms with Gasteiger partial charge in [-0.3, -0.25) is 19.4 Å². The van der Waals surface area contributed by atoms with E-state index in [1.807, 2.05) is 30.3 Å². The standard InChI is InChI=1S/C26H34N4O3/c31-25(27-18-21-6-8-22(9-7-21)19-30-14-16-33-17-15-30)20-29-12-10-23(11-13-29)26(32)28-24-4-2-1-3-5-24/h1-9,23H,10-20H2,(H,27,31)(H,28,32). The first-order valence-corrected chi connectivity index (χ1v) is 11.9. The number of nitrogens with one attached hydrogen (secondary N) is 2. The third kappa shape index (κ3) is 7.39. The summed E-state index contributed by atoms with van der Waals surface area (Å²) in [5.41, 5.74) is 3.22. The second kappa shape index (κ2) is 11.9. The van der Waals surface area contributed by atoms with Crippen LogP contribution in [0.2, 0.25) is 0 Å². The molecule has 2 aliphatic rings. The van der Waals surface area contributed by atoms with Crippen LogP contribution in [-0.4, -0.2) is 67.6 Å². The molecule has 0 bridgehead atoms. The van der Waals surface area contributed by atoms with Crippen molar-refractivity contribution in [2.45, 2.75) is 25.9 Å². The van der Waals surface area contributed by atoms with E-state index in [1.165, 1.54) is 5.56 Å². The summed E-state index contributed by atoms with van der Waals surface area (Å²) in [6.45, 7) is 6.95. The molecule has 0 atom stereocenters. The average molecular weight is 451 g/mol. The Labute approximate surface area is 196 Å². The molecule has 2 N–H and O–H groups in total. The van der Waals surface area contributed by atoms with Gasteiger partial charge in [-0.2, -0.15) is 0 Å². The first-order valence-electron chi connectivity index (χ1n) is 11.9. The lowest BCUT2D eigenvalue weighted by atomic mass is 9.96. The Balaban J connectivity index is 1.14. The Kier molecular flexibility index (Phi) is 8.47. The number of benzene rings is 2. The van der Waals surface area contributed by atoms with Gasteiger partial charge in [-0.25, -0.2) is 0 Å². The molecule has 0 unspecified atom stereocenters. The predicted octanol–water partition coefficient (Wildman–Crippen LogP) is 2.49. The van der Waals surface area contributed by atoms with Crippen LogP contribution in [0, 0.1) is 5.92 Å². The largest absolute Gasteiger partial charge is 0.379 e. The number of ether oxygens (including phenoxy) is 1. The Hall–Kier alpha value is -2.74. The molecule has 4 rings (SSSR count). The van der Waals surface area contributed by atoms with Gasteiger partial charge in [-0.05, 0) is 49.2 Å². The van der Waals surface area contributed by atoms with Crippen LogP contribution >= 0.6 is 0 Å². The summed E-state index contributed by atoms with van der Waals surface area (Å²) < 4.78 is 5.40. The van der Waals surface area contributed by atoms with Gasteiger partial charge in [-0.15, -0.1) is 0 Å². The fourth-order valence-corrected chi connectivity index (χ4v) is 4.36. The highest BCUT2D eigenvalue weighted by Crippen LogP contribution is 2.19. The number of hydrogen-bond donors (Lipinski definition) is 2. The minimum Gasteiger partial charge on any atom is -0.379 e. The zero-order chi connectivity index (χ0) is 22.9. The molecule has 0 radical (unpaired) electrons. The highest BCUT2D eigenvalue weighted by molar-refractivity contribution is 5.92. The lowest BCUT2D eigenvalue weighted by Gasteiger charge is -2.30. The number of carbonyl (C=O) groups is 2. The minimum atomic E-state index is 0.000458. The SMILES string of the molecule is O=C(CN1CCC(C(=O)Nc2ccccc2)CC1)NCc1ccc(CN2CCOCC2)cc1. The highest BCUT2D eigenvalue weighted by Gasteiger charge is 2.26. The van der Waals surface area contributed by atoms with Gasteiger partial charge in [-0.1, -0.05) is 42.5 Å². The number of anilines is 1. The summed E-state index contributed by atoms with van der Waals surface area (Å²) in [5.74, 6) is 0.0995. The zero-order valence-electron chi connectivity index (χ0n) is 19.2. The van der Waals surface area contributed by atoms with Gasteiger partial charge >= 0.3 is 0 Å². The van der Waals surface area contributed by atoms with Crippen LogP contribution in [0.1, 0.15) is 24.0 Å². The maximum Gasteiger partial charge on any atom is 0.234 e. The van der Waals surface area contributed by atoms with E-state index < -0.39 is 0 Å². The maximum absolute atomic E-state index is 12.5. The van der Waals surface area contributed by atoms with E-state index in [0.29, 0.717) is 13.1 Å².